The molecule has 0 heterocycles. The molecule has 4 heteroatoms. The predicted molar refractivity (Wildman–Crippen MR) is 76.8 cm³/mol. The molecule has 0 rings (SSSR count). The molecule has 0 saturated carbocycles. The van der Waals surface area contributed by atoms with Gasteiger partial charge in [-0.1, -0.05) is 34.6 Å². The van der Waals surface area contributed by atoms with Gasteiger partial charge in [-0.3, -0.25) is 9.59 Å². The third-order valence-corrected chi connectivity index (χ3v) is 3.06. The molecule has 1 amide bonds. The SMILES string of the molecule is CC(C)CC(C)CC(=O)NCC(CC(C)C)C(=O)O. The van der Waals surface area contributed by atoms with Crippen molar-refractivity contribution in [3.8, 4) is 0 Å². The Bertz CT molecular complexity index is 287. The van der Waals surface area contributed by atoms with Gasteiger partial charge in [0.25, 0.3) is 0 Å². The second-order valence-corrected chi connectivity index (χ2v) is 6.41. The van der Waals surface area contributed by atoms with Crippen LogP contribution in [0.25, 0.3) is 0 Å². The zero-order valence-corrected chi connectivity index (χ0v) is 12.9. The molecule has 4 nitrogen and oxygen atoms in total. The van der Waals surface area contributed by atoms with Gasteiger partial charge in [0.1, 0.15) is 0 Å². The highest BCUT2D eigenvalue weighted by atomic mass is 16.4. The standard InChI is InChI=1S/C15H29NO3/c1-10(2)6-12(5)8-14(17)16-9-13(15(18)19)7-11(3)4/h10-13H,6-9H2,1-5H3,(H,16,17)(H,18,19). The van der Waals surface area contributed by atoms with Gasteiger partial charge in [0.15, 0.2) is 0 Å². The molecule has 19 heavy (non-hydrogen) atoms. The van der Waals surface area contributed by atoms with E-state index < -0.39 is 11.9 Å². The fourth-order valence-corrected chi connectivity index (χ4v) is 2.35. The number of carboxylic acids is 1. The normalized spacial score (nSPS) is 14.5. The van der Waals surface area contributed by atoms with Crippen molar-refractivity contribution in [3.63, 3.8) is 0 Å². The molecule has 0 fully saturated rings. The van der Waals surface area contributed by atoms with Crippen LogP contribution >= 0.6 is 0 Å². The van der Waals surface area contributed by atoms with Gasteiger partial charge >= 0.3 is 5.97 Å². The summed E-state index contributed by atoms with van der Waals surface area (Å²) in [5, 5.41) is 11.8. The molecular weight excluding hydrogens is 242 g/mol. The van der Waals surface area contributed by atoms with Crippen molar-refractivity contribution in [2.75, 3.05) is 6.54 Å². The molecule has 0 radical (unpaired) electrons. The zero-order valence-electron chi connectivity index (χ0n) is 12.9. The molecule has 0 saturated heterocycles. The average molecular weight is 271 g/mol. The highest BCUT2D eigenvalue weighted by Crippen LogP contribution is 2.15. The summed E-state index contributed by atoms with van der Waals surface area (Å²) in [4.78, 5) is 22.8. The Kier molecular flexibility index (Phi) is 8.44. The van der Waals surface area contributed by atoms with E-state index in [0.717, 1.165) is 6.42 Å². The van der Waals surface area contributed by atoms with E-state index in [1.165, 1.54) is 0 Å². The molecule has 112 valence electrons. The summed E-state index contributed by atoms with van der Waals surface area (Å²) in [5.41, 5.74) is 0. The maximum atomic E-state index is 11.7. The van der Waals surface area contributed by atoms with Crippen LogP contribution in [0.4, 0.5) is 0 Å². The summed E-state index contributed by atoms with van der Waals surface area (Å²) in [5.74, 6) is -0.113. The fraction of sp³-hybridized carbons (Fsp3) is 0.867. The van der Waals surface area contributed by atoms with E-state index in [2.05, 4.69) is 26.1 Å². The van der Waals surface area contributed by atoms with Crippen molar-refractivity contribution in [1.82, 2.24) is 5.32 Å². The van der Waals surface area contributed by atoms with E-state index in [1.54, 1.807) is 0 Å². The highest BCUT2D eigenvalue weighted by Gasteiger charge is 2.20. The Hall–Kier alpha value is -1.06. The number of carbonyl (C=O) groups is 2. The number of carbonyl (C=O) groups excluding carboxylic acids is 1. The van der Waals surface area contributed by atoms with Crippen molar-refractivity contribution in [1.29, 1.82) is 0 Å². The van der Waals surface area contributed by atoms with Gasteiger partial charge in [-0.25, -0.2) is 0 Å². The Morgan fingerprint density at radius 1 is 1.00 bits per heavy atom. The summed E-state index contributed by atoms with van der Waals surface area (Å²) in [6.45, 7) is 10.5. The topological polar surface area (TPSA) is 66.4 Å². The van der Waals surface area contributed by atoms with Crippen LogP contribution in [0.5, 0.6) is 0 Å². The second-order valence-electron chi connectivity index (χ2n) is 6.41. The second kappa shape index (κ2) is 8.94. The van der Waals surface area contributed by atoms with Gasteiger partial charge in [-0.2, -0.15) is 0 Å². The average Bonchev–Trinajstić information content (AvgIpc) is 2.21. The van der Waals surface area contributed by atoms with Crippen molar-refractivity contribution in [3.05, 3.63) is 0 Å². The van der Waals surface area contributed by atoms with Crippen LogP contribution in [0.15, 0.2) is 0 Å². The minimum atomic E-state index is -0.829. The first kappa shape index (κ1) is 17.9. The molecule has 0 aliphatic carbocycles. The van der Waals surface area contributed by atoms with Crippen molar-refractivity contribution in [2.45, 2.75) is 53.9 Å². The summed E-state index contributed by atoms with van der Waals surface area (Å²) in [7, 11) is 0. The van der Waals surface area contributed by atoms with Gasteiger partial charge in [0.05, 0.1) is 5.92 Å². The molecule has 0 aromatic rings. The molecule has 2 unspecified atom stereocenters. The van der Waals surface area contributed by atoms with E-state index in [1.807, 2.05) is 13.8 Å². The quantitative estimate of drug-likeness (QED) is 0.677. The number of carboxylic acid groups (broad SMARTS) is 1. The minimum Gasteiger partial charge on any atom is -0.481 e. The Labute approximate surface area is 117 Å². The third-order valence-electron chi connectivity index (χ3n) is 3.06. The van der Waals surface area contributed by atoms with E-state index >= 15 is 0 Å². The predicted octanol–water partition coefficient (Wildman–Crippen LogP) is 2.92. The Morgan fingerprint density at radius 2 is 1.53 bits per heavy atom. The first-order chi connectivity index (χ1) is 8.72. The van der Waals surface area contributed by atoms with Crippen molar-refractivity contribution < 1.29 is 14.7 Å². The molecule has 0 aliphatic heterocycles. The smallest absolute Gasteiger partial charge is 0.308 e. The molecule has 0 aliphatic rings. The van der Waals surface area contributed by atoms with Gasteiger partial charge in [0.2, 0.25) is 5.91 Å². The van der Waals surface area contributed by atoms with Crippen LogP contribution in [0.1, 0.15) is 53.9 Å². The van der Waals surface area contributed by atoms with Gasteiger partial charge in [-0.15, -0.1) is 0 Å². The summed E-state index contributed by atoms with van der Waals surface area (Å²) in [6.07, 6.45) is 2.09. The van der Waals surface area contributed by atoms with Crippen LogP contribution in [0.2, 0.25) is 0 Å². The molecule has 2 atom stereocenters. The number of hydrogen-bond acceptors (Lipinski definition) is 2. The van der Waals surface area contributed by atoms with Gasteiger partial charge in [0, 0.05) is 13.0 Å². The monoisotopic (exact) mass is 271 g/mol. The summed E-state index contributed by atoms with van der Waals surface area (Å²) >= 11 is 0. The van der Waals surface area contributed by atoms with Crippen LogP contribution in [-0.2, 0) is 9.59 Å². The minimum absolute atomic E-state index is 0.0387. The van der Waals surface area contributed by atoms with Crippen LogP contribution < -0.4 is 5.32 Å². The van der Waals surface area contributed by atoms with Gasteiger partial charge < -0.3 is 10.4 Å². The van der Waals surface area contributed by atoms with Crippen LogP contribution in [0, 0.1) is 23.7 Å². The maximum Gasteiger partial charge on any atom is 0.308 e. The molecular formula is C15H29NO3. The molecule has 0 aromatic heterocycles. The van der Waals surface area contributed by atoms with E-state index in [9.17, 15) is 9.59 Å². The first-order valence-corrected chi connectivity index (χ1v) is 7.21. The van der Waals surface area contributed by atoms with Gasteiger partial charge in [-0.05, 0) is 30.6 Å². The number of nitrogens with one attached hydrogen (secondary N) is 1. The van der Waals surface area contributed by atoms with E-state index in [-0.39, 0.29) is 12.5 Å². The number of rotatable bonds is 9. The largest absolute Gasteiger partial charge is 0.481 e. The highest BCUT2D eigenvalue weighted by molar-refractivity contribution is 5.77. The third kappa shape index (κ3) is 9.51. The number of aliphatic carboxylic acids is 1. The summed E-state index contributed by atoms with van der Waals surface area (Å²) in [6, 6.07) is 0. The molecule has 0 bridgehead atoms. The van der Waals surface area contributed by atoms with E-state index in [4.69, 9.17) is 5.11 Å². The first-order valence-electron chi connectivity index (χ1n) is 7.21. The fourth-order valence-electron chi connectivity index (χ4n) is 2.35. The number of amides is 1. The molecule has 0 spiro atoms. The van der Waals surface area contributed by atoms with Crippen molar-refractivity contribution in [2.24, 2.45) is 23.7 Å². The number of hydrogen-bond donors (Lipinski definition) is 2. The zero-order chi connectivity index (χ0) is 15.0. The maximum absolute atomic E-state index is 11.7. The van der Waals surface area contributed by atoms with Crippen molar-refractivity contribution >= 4 is 11.9 Å². The lowest BCUT2D eigenvalue weighted by atomic mass is 9.95. The van der Waals surface area contributed by atoms with Crippen LogP contribution in [0.3, 0.4) is 0 Å². The molecule has 2 N–H and O–H groups in total. The lowest BCUT2D eigenvalue weighted by molar-refractivity contribution is -0.142. The lowest BCUT2D eigenvalue weighted by Gasteiger charge is -2.17. The lowest BCUT2D eigenvalue weighted by Crippen LogP contribution is -2.34. The summed E-state index contributed by atoms with van der Waals surface area (Å²) < 4.78 is 0. The Balaban J connectivity index is 4.08. The van der Waals surface area contributed by atoms with Crippen LogP contribution in [-0.4, -0.2) is 23.5 Å². The Morgan fingerprint density at radius 3 is 1.95 bits per heavy atom. The van der Waals surface area contributed by atoms with E-state index in [0.29, 0.717) is 30.6 Å². The molecule has 0 aromatic carbocycles.